The van der Waals surface area contributed by atoms with Crippen LogP contribution < -0.4 is 5.73 Å². The second kappa shape index (κ2) is 20.7. The molecule has 1 amide bonds. The molecule has 0 fully saturated rings. The van der Waals surface area contributed by atoms with Crippen molar-refractivity contribution in [3.63, 3.8) is 0 Å². The van der Waals surface area contributed by atoms with Gasteiger partial charge < -0.3 is 20.3 Å². The Kier molecular flexibility index (Phi) is 19.5. The van der Waals surface area contributed by atoms with E-state index in [-0.39, 0.29) is 31.0 Å². The van der Waals surface area contributed by atoms with Gasteiger partial charge in [-0.05, 0) is 45.6 Å². The topological polar surface area (TPSA) is 119 Å². The number of ether oxygens (including phenoxy) is 2. The molecule has 0 saturated heterocycles. The number of hydrogen-bond acceptors (Lipinski definition) is 7. The molecule has 8 heteroatoms. The van der Waals surface area contributed by atoms with Crippen LogP contribution in [0.25, 0.3) is 0 Å². The Bertz CT molecular complexity index is 567. The fourth-order valence-electron chi connectivity index (χ4n) is 3.37. The zero-order valence-corrected chi connectivity index (χ0v) is 20.9. The molecule has 0 aromatic heterocycles. The van der Waals surface area contributed by atoms with Gasteiger partial charge in [-0.2, -0.15) is 0 Å². The highest BCUT2D eigenvalue weighted by molar-refractivity contribution is 5.73. The standard InChI is InChI=1S/C25H46N2O6/c1-4-5-12-16-23(33-25(31)20-27(3)18-19-32-21(2)28)22(29)15-13-10-8-6-7-9-11-14-17-24(26)30/h10,13,22-23,29H,4-9,11-12,14-20H2,1-3H3,(H2,26,30)/b13-10-. The Hall–Kier alpha value is -1.93. The van der Waals surface area contributed by atoms with Gasteiger partial charge in [0.15, 0.2) is 0 Å². The molecule has 0 radical (unpaired) electrons. The number of allylic oxidation sites excluding steroid dienone is 1. The number of hydrogen-bond donors (Lipinski definition) is 2. The van der Waals surface area contributed by atoms with E-state index in [2.05, 4.69) is 13.0 Å². The average Bonchev–Trinajstić information content (AvgIpc) is 2.73. The maximum Gasteiger partial charge on any atom is 0.320 e. The molecule has 3 N–H and O–H groups in total. The minimum atomic E-state index is -0.734. The molecular weight excluding hydrogens is 424 g/mol. The number of esters is 2. The Morgan fingerprint density at radius 1 is 1.03 bits per heavy atom. The Balaban J connectivity index is 4.29. The molecule has 0 aliphatic heterocycles. The molecule has 0 aromatic carbocycles. The zero-order chi connectivity index (χ0) is 24.9. The number of nitrogens with two attached hydrogens (primary N) is 1. The van der Waals surface area contributed by atoms with E-state index in [1.54, 1.807) is 11.9 Å². The fraction of sp³-hybridized carbons (Fsp3) is 0.800. The van der Waals surface area contributed by atoms with Gasteiger partial charge in [-0.25, -0.2) is 0 Å². The van der Waals surface area contributed by atoms with Crippen molar-refractivity contribution >= 4 is 17.8 Å². The van der Waals surface area contributed by atoms with Crippen LogP contribution in [0.5, 0.6) is 0 Å². The van der Waals surface area contributed by atoms with Crippen LogP contribution >= 0.6 is 0 Å². The minimum absolute atomic E-state index is 0.0769. The highest BCUT2D eigenvalue weighted by Crippen LogP contribution is 2.15. The molecule has 0 spiro atoms. The first-order valence-corrected chi connectivity index (χ1v) is 12.4. The smallest absolute Gasteiger partial charge is 0.320 e. The van der Waals surface area contributed by atoms with Crippen molar-refractivity contribution < 1.29 is 29.0 Å². The quantitative estimate of drug-likeness (QED) is 0.150. The first-order valence-electron chi connectivity index (χ1n) is 12.4. The van der Waals surface area contributed by atoms with E-state index in [1.807, 2.05) is 6.08 Å². The molecule has 8 nitrogen and oxygen atoms in total. The van der Waals surface area contributed by atoms with E-state index in [9.17, 15) is 19.5 Å². The molecule has 0 saturated carbocycles. The van der Waals surface area contributed by atoms with Gasteiger partial charge in [-0.1, -0.05) is 51.2 Å². The van der Waals surface area contributed by atoms with Gasteiger partial charge in [-0.15, -0.1) is 0 Å². The van der Waals surface area contributed by atoms with Gasteiger partial charge in [0.25, 0.3) is 0 Å². The highest BCUT2D eigenvalue weighted by Gasteiger charge is 2.22. The van der Waals surface area contributed by atoms with Crippen LogP contribution in [-0.2, 0) is 23.9 Å². The maximum atomic E-state index is 12.3. The summed E-state index contributed by atoms with van der Waals surface area (Å²) >= 11 is 0. The molecule has 2 atom stereocenters. The van der Waals surface area contributed by atoms with E-state index in [1.165, 1.54) is 6.92 Å². The van der Waals surface area contributed by atoms with Crippen molar-refractivity contribution in [3.8, 4) is 0 Å². The van der Waals surface area contributed by atoms with Gasteiger partial charge >= 0.3 is 11.9 Å². The number of rotatable bonds is 21. The molecule has 0 heterocycles. The predicted molar refractivity (Wildman–Crippen MR) is 129 cm³/mol. The summed E-state index contributed by atoms with van der Waals surface area (Å²) in [5, 5.41) is 10.6. The van der Waals surface area contributed by atoms with Gasteiger partial charge in [0.1, 0.15) is 12.7 Å². The average molecular weight is 471 g/mol. The largest absolute Gasteiger partial charge is 0.465 e. The summed E-state index contributed by atoms with van der Waals surface area (Å²) in [5.41, 5.74) is 5.13. The van der Waals surface area contributed by atoms with E-state index in [0.29, 0.717) is 25.8 Å². The summed E-state index contributed by atoms with van der Waals surface area (Å²) in [6, 6.07) is 0. The SMILES string of the molecule is CCCCCC(OC(=O)CN(C)CCOC(C)=O)C(O)C/C=C\CCCCCCCC(N)=O. The summed E-state index contributed by atoms with van der Waals surface area (Å²) in [7, 11) is 1.76. The van der Waals surface area contributed by atoms with Gasteiger partial charge in [0, 0.05) is 19.9 Å². The molecule has 0 bridgehead atoms. The minimum Gasteiger partial charge on any atom is -0.465 e. The van der Waals surface area contributed by atoms with E-state index in [0.717, 1.165) is 57.8 Å². The third kappa shape index (κ3) is 20.4. The van der Waals surface area contributed by atoms with Crippen LogP contribution in [0.2, 0.25) is 0 Å². The number of carbonyl (C=O) groups is 3. The molecular formula is C25H46N2O6. The Labute approximate surface area is 199 Å². The van der Waals surface area contributed by atoms with Crippen molar-refractivity contribution in [2.75, 3.05) is 26.7 Å². The van der Waals surface area contributed by atoms with Crippen LogP contribution in [0, 0.1) is 0 Å². The summed E-state index contributed by atoms with van der Waals surface area (Å²) < 4.78 is 10.5. The van der Waals surface area contributed by atoms with Crippen LogP contribution in [0.1, 0.15) is 90.9 Å². The number of aliphatic hydroxyl groups is 1. The number of likely N-dealkylation sites (N-methyl/N-ethyl adjacent to an activating group) is 1. The monoisotopic (exact) mass is 470 g/mol. The molecule has 33 heavy (non-hydrogen) atoms. The lowest BCUT2D eigenvalue weighted by Crippen LogP contribution is -2.36. The van der Waals surface area contributed by atoms with Crippen LogP contribution in [0.15, 0.2) is 12.2 Å². The normalized spacial score (nSPS) is 13.2. The van der Waals surface area contributed by atoms with Crippen molar-refractivity contribution in [1.82, 2.24) is 4.90 Å². The second-order valence-electron chi connectivity index (χ2n) is 8.65. The number of aliphatic hydroxyl groups excluding tert-OH is 1. The Morgan fingerprint density at radius 2 is 1.73 bits per heavy atom. The van der Waals surface area contributed by atoms with Crippen LogP contribution in [0.4, 0.5) is 0 Å². The molecule has 0 aliphatic carbocycles. The molecule has 192 valence electrons. The highest BCUT2D eigenvalue weighted by atomic mass is 16.6. The van der Waals surface area contributed by atoms with Crippen LogP contribution in [-0.4, -0.2) is 66.8 Å². The lowest BCUT2D eigenvalue weighted by Gasteiger charge is -2.24. The van der Waals surface area contributed by atoms with Gasteiger partial charge in [-0.3, -0.25) is 19.3 Å². The van der Waals surface area contributed by atoms with Gasteiger partial charge in [0.05, 0.1) is 12.6 Å². The summed E-state index contributed by atoms with van der Waals surface area (Å²) in [6.45, 7) is 4.19. The number of amides is 1. The number of unbranched alkanes of at least 4 members (excludes halogenated alkanes) is 7. The lowest BCUT2D eigenvalue weighted by molar-refractivity contribution is -0.156. The molecule has 0 aliphatic rings. The fourth-order valence-corrected chi connectivity index (χ4v) is 3.37. The third-order valence-corrected chi connectivity index (χ3v) is 5.32. The number of primary amides is 1. The molecule has 0 rings (SSSR count). The zero-order valence-electron chi connectivity index (χ0n) is 20.9. The van der Waals surface area contributed by atoms with E-state index >= 15 is 0 Å². The maximum absolute atomic E-state index is 12.3. The first-order chi connectivity index (χ1) is 15.8. The molecule has 0 aromatic rings. The number of carbonyl (C=O) groups excluding carboxylic acids is 3. The lowest BCUT2D eigenvalue weighted by atomic mass is 10.0. The summed E-state index contributed by atoms with van der Waals surface area (Å²) in [5.74, 6) is -0.971. The van der Waals surface area contributed by atoms with Crippen molar-refractivity contribution in [2.24, 2.45) is 5.73 Å². The van der Waals surface area contributed by atoms with Crippen molar-refractivity contribution in [1.29, 1.82) is 0 Å². The first kappa shape index (κ1) is 31.1. The number of nitrogens with zero attached hydrogens (tertiary/aromatic N) is 1. The predicted octanol–water partition coefficient (Wildman–Crippen LogP) is 3.50. The van der Waals surface area contributed by atoms with Gasteiger partial charge in [0.2, 0.25) is 5.91 Å². The second-order valence-corrected chi connectivity index (χ2v) is 8.65. The summed E-state index contributed by atoms with van der Waals surface area (Å²) in [6.07, 6.45) is 13.4. The molecule has 2 unspecified atom stereocenters. The van der Waals surface area contributed by atoms with Crippen molar-refractivity contribution in [3.05, 3.63) is 12.2 Å². The third-order valence-electron chi connectivity index (χ3n) is 5.32. The van der Waals surface area contributed by atoms with Crippen molar-refractivity contribution in [2.45, 2.75) is 103 Å². The van der Waals surface area contributed by atoms with E-state index in [4.69, 9.17) is 15.2 Å². The van der Waals surface area contributed by atoms with E-state index < -0.39 is 12.2 Å². The summed E-state index contributed by atoms with van der Waals surface area (Å²) in [4.78, 5) is 35.6. The Morgan fingerprint density at radius 3 is 2.39 bits per heavy atom. The van der Waals surface area contributed by atoms with Crippen LogP contribution in [0.3, 0.4) is 0 Å².